The third kappa shape index (κ3) is 2.31. The fourth-order valence-corrected chi connectivity index (χ4v) is 4.05. The second-order valence-electron chi connectivity index (χ2n) is 6.78. The summed E-state index contributed by atoms with van der Waals surface area (Å²) in [5.41, 5.74) is 2.39. The maximum atomic E-state index is 2.44. The average molecular weight is 216 g/mol. The van der Waals surface area contributed by atoms with Crippen molar-refractivity contribution in [2.24, 2.45) is 11.3 Å². The number of rotatable bonds is 1. The monoisotopic (exact) mass is 216 g/mol. The molecule has 0 nitrogen and oxygen atoms in total. The Balaban J connectivity index is 2.31. The first kappa shape index (κ1) is 11.7. The highest BCUT2D eigenvalue weighted by atomic mass is 14.4. The van der Waals surface area contributed by atoms with Gasteiger partial charge in [-0.25, -0.2) is 0 Å². The Morgan fingerprint density at radius 1 is 1.00 bits per heavy atom. The topological polar surface area (TPSA) is 0 Å². The van der Waals surface area contributed by atoms with E-state index in [2.05, 4.69) is 58.0 Å². The maximum absolute atomic E-state index is 2.44. The van der Waals surface area contributed by atoms with Gasteiger partial charge in [0.15, 0.2) is 0 Å². The van der Waals surface area contributed by atoms with E-state index in [4.69, 9.17) is 0 Å². The van der Waals surface area contributed by atoms with Crippen molar-refractivity contribution < 1.29 is 0 Å². The van der Waals surface area contributed by atoms with Crippen LogP contribution < -0.4 is 0 Å². The smallest absolute Gasteiger partial charge is 0.00677 e. The zero-order valence-corrected chi connectivity index (χ0v) is 11.1. The standard InChI is InChI=1S/C16H24/c1-13-10-15(2,3)12-16(4,11-13)14-8-6-5-7-9-14/h5-9,13H,10-12H2,1-4H3. The van der Waals surface area contributed by atoms with E-state index >= 15 is 0 Å². The summed E-state index contributed by atoms with van der Waals surface area (Å²) < 4.78 is 0. The van der Waals surface area contributed by atoms with Crippen LogP contribution in [0.1, 0.15) is 52.5 Å². The first-order valence-corrected chi connectivity index (χ1v) is 6.47. The highest BCUT2D eigenvalue weighted by molar-refractivity contribution is 5.25. The van der Waals surface area contributed by atoms with Gasteiger partial charge in [0.1, 0.15) is 0 Å². The van der Waals surface area contributed by atoms with Gasteiger partial charge in [0.25, 0.3) is 0 Å². The molecule has 0 bridgehead atoms. The van der Waals surface area contributed by atoms with Gasteiger partial charge in [0, 0.05) is 0 Å². The molecule has 0 heterocycles. The zero-order valence-electron chi connectivity index (χ0n) is 11.1. The van der Waals surface area contributed by atoms with E-state index in [1.165, 1.54) is 24.8 Å². The predicted molar refractivity (Wildman–Crippen MR) is 70.6 cm³/mol. The summed E-state index contributed by atoms with van der Waals surface area (Å²) in [7, 11) is 0. The van der Waals surface area contributed by atoms with E-state index < -0.39 is 0 Å². The summed E-state index contributed by atoms with van der Waals surface area (Å²) in [4.78, 5) is 0. The van der Waals surface area contributed by atoms with Gasteiger partial charge >= 0.3 is 0 Å². The molecule has 88 valence electrons. The molecule has 0 spiro atoms. The second kappa shape index (κ2) is 3.91. The van der Waals surface area contributed by atoms with E-state index in [0.717, 1.165) is 5.92 Å². The SMILES string of the molecule is CC1CC(C)(C)CC(C)(c2ccccc2)C1. The van der Waals surface area contributed by atoms with Crippen LogP contribution in [0.15, 0.2) is 30.3 Å². The molecule has 0 heteroatoms. The van der Waals surface area contributed by atoms with Crippen molar-refractivity contribution in [3.63, 3.8) is 0 Å². The van der Waals surface area contributed by atoms with Crippen LogP contribution in [-0.4, -0.2) is 0 Å². The molecule has 1 aliphatic carbocycles. The van der Waals surface area contributed by atoms with Crippen LogP contribution >= 0.6 is 0 Å². The highest BCUT2D eigenvalue weighted by Gasteiger charge is 2.40. The van der Waals surface area contributed by atoms with Crippen molar-refractivity contribution in [2.45, 2.75) is 52.4 Å². The molecule has 1 fully saturated rings. The molecule has 1 aromatic rings. The third-order valence-electron chi connectivity index (χ3n) is 4.04. The normalized spacial score (nSPS) is 33.6. The predicted octanol–water partition coefficient (Wildman–Crippen LogP) is 4.79. The van der Waals surface area contributed by atoms with Gasteiger partial charge in [0.05, 0.1) is 0 Å². The van der Waals surface area contributed by atoms with Crippen LogP contribution in [0, 0.1) is 11.3 Å². The summed E-state index contributed by atoms with van der Waals surface area (Å²) in [5, 5.41) is 0. The Hall–Kier alpha value is -0.780. The van der Waals surface area contributed by atoms with Crippen molar-refractivity contribution in [3.8, 4) is 0 Å². The molecule has 0 aliphatic heterocycles. The Bertz CT molecular complexity index is 350. The molecule has 1 aliphatic rings. The molecule has 1 aromatic carbocycles. The van der Waals surface area contributed by atoms with Crippen LogP contribution in [0.3, 0.4) is 0 Å². The molecule has 2 unspecified atom stereocenters. The zero-order chi connectivity index (χ0) is 11.8. The van der Waals surface area contributed by atoms with E-state index in [-0.39, 0.29) is 0 Å². The molecular weight excluding hydrogens is 192 g/mol. The molecule has 0 N–H and O–H groups in total. The number of hydrogen-bond donors (Lipinski definition) is 0. The molecule has 2 atom stereocenters. The van der Waals surface area contributed by atoms with E-state index in [1.54, 1.807) is 0 Å². The number of hydrogen-bond acceptors (Lipinski definition) is 0. The van der Waals surface area contributed by atoms with Gasteiger partial charge in [-0.05, 0) is 41.6 Å². The lowest BCUT2D eigenvalue weighted by atomic mass is 9.59. The van der Waals surface area contributed by atoms with Gasteiger partial charge in [-0.1, -0.05) is 58.0 Å². The average Bonchev–Trinajstić information content (AvgIpc) is 2.15. The summed E-state index contributed by atoms with van der Waals surface area (Å²) in [5.74, 6) is 0.842. The van der Waals surface area contributed by atoms with Crippen LogP contribution in [0.4, 0.5) is 0 Å². The highest BCUT2D eigenvalue weighted by Crippen LogP contribution is 2.49. The Morgan fingerprint density at radius 2 is 1.62 bits per heavy atom. The van der Waals surface area contributed by atoms with E-state index in [9.17, 15) is 0 Å². The largest absolute Gasteiger partial charge is 0.0625 e. The first-order chi connectivity index (χ1) is 7.41. The van der Waals surface area contributed by atoms with Crippen molar-refractivity contribution >= 4 is 0 Å². The summed E-state index contributed by atoms with van der Waals surface area (Å²) in [6.07, 6.45) is 4.02. The van der Waals surface area contributed by atoms with E-state index in [0.29, 0.717) is 10.8 Å². The lowest BCUT2D eigenvalue weighted by Gasteiger charge is -2.46. The summed E-state index contributed by atoms with van der Waals surface area (Å²) in [6.45, 7) is 9.69. The minimum absolute atomic E-state index is 0.377. The molecule has 1 saturated carbocycles. The van der Waals surface area contributed by atoms with Crippen LogP contribution in [0.2, 0.25) is 0 Å². The quantitative estimate of drug-likeness (QED) is 0.633. The van der Waals surface area contributed by atoms with Crippen molar-refractivity contribution in [3.05, 3.63) is 35.9 Å². The van der Waals surface area contributed by atoms with Gasteiger partial charge in [-0.15, -0.1) is 0 Å². The lowest BCUT2D eigenvalue weighted by molar-refractivity contribution is 0.115. The van der Waals surface area contributed by atoms with Crippen molar-refractivity contribution in [1.82, 2.24) is 0 Å². The lowest BCUT2D eigenvalue weighted by Crippen LogP contribution is -2.37. The molecule has 0 amide bonds. The van der Waals surface area contributed by atoms with Gasteiger partial charge < -0.3 is 0 Å². The summed E-state index contributed by atoms with van der Waals surface area (Å²) >= 11 is 0. The Labute approximate surface area is 100 Å². The minimum Gasteiger partial charge on any atom is -0.0625 e. The van der Waals surface area contributed by atoms with Crippen LogP contribution in [0.5, 0.6) is 0 Å². The van der Waals surface area contributed by atoms with Gasteiger partial charge in [-0.3, -0.25) is 0 Å². The van der Waals surface area contributed by atoms with Crippen molar-refractivity contribution in [1.29, 1.82) is 0 Å². The molecule has 16 heavy (non-hydrogen) atoms. The van der Waals surface area contributed by atoms with Crippen LogP contribution in [-0.2, 0) is 5.41 Å². The Kier molecular flexibility index (Phi) is 2.86. The maximum Gasteiger partial charge on any atom is -0.00677 e. The fraction of sp³-hybridized carbons (Fsp3) is 0.625. The minimum atomic E-state index is 0.377. The Morgan fingerprint density at radius 3 is 2.19 bits per heavy atom. The molecule has 0 aromatic heterocycles. The van der Waals surface area contributed by atoms with E-state index in [1.807, 2.05) is 0 Å². The number of benzene rings is 1. The molecule has 0 radical (unpaired) electrons. The third-order valence-corrected chi connectivity index (χ3v) is 4.04. The second-order valence-corrected chi connectivity index (χ2v) is 6.78. The molecule has 2 rings (SSSR count). The van der Waals surface area contributed by atoms with Crippen LogP contribution in [0.25, 0.3) is 0 Å². The summed E-state index contributed by atoms with van der Waals surface area (Å²) in [6, 6.07) is 11.1. The first-order valence-electron chi connectivity index (χ1n) is 6.47. The molecule has 0 saturated heterocycles. The fourth-order valence-electron chi connectivity index (χ4n) is 4.05. The van der Waals surface area contributed by atoms with Gasteiger partial charge in [0.2, 0.25) is 0 Å². The van der Waals surface area contributed by atoms with Gasteiger partial charge in [-0.2, -0.15) is 0 Å². The molecular formula is C16H24. The van der Waals surface area contributed by atoms with Crippen molar-refractivity contribution in [2.75, 3.05) is 0 Å².